The summed E-state index contributed by atoms with van der Waals surface area (Å²) in [5, 5.41) is 0. The molecule has 15 heavy (non-hydrogen) atoms. The monoisotopic (exact) mass is 238 g/mol. The SMILES string of the molecule is NC(=O)c1ccc(CS(=O)(=O)O)cc1.[Na]. The van der Waals surface area contributed by atoms with E-state index in [1.807, 2.05) is 0 Å². The maximum Gasteiger partial charge on any atom is 0.269 e. The first-order valence-corrected chi connectivity index (χ1v) is 5.33. The summed E-state index contributed by atoms with van der Waals surface area (Å²) in [5.74, 6) is -1.05. The maximum atomic E-state index is 10.7. The fourth-order valence-corrected chi connectivity index (χ4v) is 1.59. The van der Waals surface area contributed by atoms with Crippen LogP contribution in [0.15, 0.2) is 24.3 Å². The van der Waals surface area contributed by atoms with E-state index < -0.39 is 21.8 Å². The summed E-state index contributed by atoms with van der Waals surface area (Å²) in [5.41, 5.74) is 5.68. The van der Waals surface area contributed by atoms with E-state index in [1.54, 1.807) is 0 Å². The van der Waals surface area contributed by atoms with Gasteiger partial charge in [-0.3, -0.25) is 9.35 Å². The van der Waals surface area contributed by atoms with E-state index in [4.69, 9.17) is 10.3 Å². The zero-order valence-electron chi connectivity index (χ0n) is 8.17. The molecule has 0 atom stereocenters. The molecule has 0 saturated carbocycles. The van der Waals surface area contributed by atoms with E-state index in [0.717, 1.165) is 0 Å². The van der Waals surface area contributed by atoms with Crippen molar-refractivity contribution in [1.82, 2.24) is 0 Å². The average molecular weight is 238 g/mol. The third-order valence-electron chi connectivity index (χ3n) is 1.59. The minimum atomic E-state index is -4.03. The second-order valence-corrected chi connectivity index (χ2v) is 4.24. The van der Waals surface area contributed by atoms with Crippen LogP contribution in [0, 0.1) is 0 Å². The van der Waals surface area contributed by atoms with Crippen LogP contribution in [0.1, 0.15) is 15.9 Å². The van der Waals surface area contributed by atoms with Gasteiger partial charge in [-0.25, -0.2) is 0 Å². The Hall–Kier alpha value is -0.400. The van der Waals surface area contributed by atoms with Crippen LogP contribution in [-0.2, 0) is 15.9 Å². The van der Waals surface area contributed by atoms with E-state index >= 15 is 0 Å². The van der Waals surface area contributed by atoms with Gasteiger partial charge in [0.2, 0.25) is 5.91 Å². The number of carbonyl (C=O) groups is 1. The van der Waals surface area contributed by atoms with Crippen molar-refractivity contribution in [3.05, 3.63) is 35.4 Å². The molecule has 0 aliphatic heterocycles. The quantitative estimate of drug-likeness (QED) is 0.562. The molecule has 0 unspecified atom stereocenters. The van der Waals surface area contributed by atoms with Crippen LogP contribution in [0.4, 0.5) is 0 Å². The first-order chi connectivity index (χ1) is 6.38. The molecule has 0 bridgehead atoms. The largest absolute Gasteiger partial charge is 0.366 e. The van der Waals surface area contributed by atoms with Crippen molar-refractivity contribution in [3.63, 3.8) is 0 Å². The molecule has 0 saturated heterocycles. The second kappa shape index (κ2) is 5.62. The molecule has 1 aromatic carbocycles. The molecule has 0 fully saturated rings. The van der Waals surface area contributed by atoms with E-state index in [-0.39, 0.29) is 29.6 Å². The summed E-state index contributed by atoms with van der Waals surface area (Å²) in [6.07, 6.45) is 0. The molecule has 0 heterocycles. The standard InChI is InChI=1S/C8H9NO4S.Na/c9-8(10)7-3-1-6(2-4-7)5-14(11,12)13;/h1-4H,5H2,(H2,9,10)(H,11,12,13);. The molecule has 5 nitrogen and oxygen atoms in total. The Morgan fingerprint density at radius 1 is 1.27 bits per heavy atom. The molecule has 3 N–H and O–H groups in total. The van der Waals surface area contributed by atoms with Crippen LogP contribution >= 0.6 is 0 Å². The van der Waals surface area contributed by atoms with Gasteiger partial charge in [0, 0.05) is 35.1 Å². The van der Waals surface area contributed by atoms with Crippen LogP contribution in [0.25, 0.3) is 0 Å². The number of primary amides is 1. The first-order valence-electron chi connectivity index (χ1n) is 3.72. The molecule has 0 aromatic heterocycles. The Morgan fingerprint density at radius 3 is 2.07 bits per heavy atom. The topological polar surface area (TPSA) is 97.5 Å². The van der Waals surface area contributed by atoms with Crippen LogP contribution in [0.5, 0.6) is 0 Å². The molecule has 1 rings (SSSR count). The molecule has 1 aromatic rings. The Morgan fingerprint density at radius 2 is 1.73 bits per heavy atom. The Labute approximate surface area is 110 Å². The van der Waals surface area contributed by atoms with Crippen molar-refractivity contribution in [1.29, 1.82) is 0 Å². The summed E-state index contributed by atoms with van der Waals surface area (Å²) in [4.78, 5) is 10.7. The zero-order chi connectivity index (χ0) is 10.8. The number of benzene rings is 1. The van der Waals surface area contributed by atoms with E-state index in [0.29, 0.717) is 11.1 Å². The van der Waals surface area contributed by atoms with Crippen LogP contribution in [-0.4, -0.2) is 48.4 Å². The van der Waals surface area contributed by atoms with Gasteiger partial charge in [0.05, 0.1) is 0 Å². The number of hydrogen-bond acceptors (Lipinski definition) is 3. The van der Waals surface area contributed by atoms with Gasteiger partial charge >= 0.3 is 0 Å². The number of amides is 1. The fourth-order valence-electron chi connectivity index (χ4n) is 0.976. The first kappa shape index (κ1) is 14.6. The molecule has 77 valence electrons. The Balaban J connectivity index is 0.00000196. The van der Waals surface area contributed by atoms with Crippen LogP contribution in [0.2, 0.25) is 0 Å². The minimum Gasteiger partial charge on any atom is -0.366 e. The van der Waals surface area contributed by atoms with E-state index in [9.17, 15) is 13.2 Å². The molecule has 1 amide bonds. The van der Waals surface area contributed by atoms with E-state index in [1.165, 1.54) is 24.3 Å². The molecule has 0 aliphatic rings. The van der Waals surface area contributed by atoms with Crippen molar-refractivity contribution in [2.45, 2.75) is 5.75 Å². The predicted octanol–water partition coefficient (Wildman–Crippen LogP) is -0.208. The van der Waals surface area contributed by atoms with Gasteiger partial charge in [0.25, 0.3) is 10.1 Å². The summed E-state index contributed by atoms with van der Waals surface area (Å²) < 4.78 is 29.5. The van der Waals surface area contributed by atoms with Crippen molar-refractivity contribution < 1.29 is 17.8 Å². The zero-order valence-corrected chi connectivity index (χ0v) is 11.0. The molecule has 0 aliphatic carbocycles. The normalized spacial score (nSPS) is 10.5. The number of rotatable bonds is 3. The van der Waals surface area contributed by atoms with Crippen molar-refractivity contribution >= 4 is 45.6 Å². The second-order valence-electron chi connectivity index (χ2n) is 2.79. The number of hydrogen-bond donors (Lipinski definition) is 2. The van der Waals surface area contributed by atoms with Gasteiger partial charge in [-0.1, -0.05) is 12.1 Å². The number of nitrogens with two attached hydrogens (primary N) is 1. The summed E-state index contributed by atoms with van der Waals surface area (Å²) in [6.45, 7) is 0. The van der Waals surface area contributed by atoms with E-state index in [2.05, 4.69) is 0 Å². The van der Waals surface area contributed by atoms with Gasteiger partial charge in [-0.15, -0.1) is 0 Å². The third-order valence-corrected chi connectivity index (χ3v) is 2.29. The summed E-state index contributed by atoms with van der Waals surface area (Å²) in [7, 11) is -4.03. The molecular weight excluding hydrogens is 229 g/mol. The molecule has 1 radical (unpaired) electrons. The van der Waals surface area contributed by atoms with Gasteiger partial charge in [-0.2, -0.15) is 8.42 Å². The average Bonchev–Trinajstić information content (AvgIpc) is 2.02. The summed E-state index contributed by atoms with van der Waals surface area (Å²) in [6, 6.07) is 5.66. The predicted molar refractivity (Wildman–Crippen MR) is 56.0 cm³/mol. The van der Waals surface area contributed by atoms with Crippen LogP contribution in [0.3, 0.4) is 0 Å². The maximum absolute atomic E-state index is 10.7. The Kier molecular flexibility index (Phi) is 5.47. The number of carbonyl (C=O) groups excluding carboxylic acids is 1. The van der Waals surface area contributed by atoms with Crippen molar-refractivity contribution in [2.24, 2.45) is 5.73 Å². The summed E-state index contributed by atoms with van der Waals surface area (Å²) >= 11 is 0. The Bertz CT molecular complexity index is 440. The smallest absolute Gasteiger partial charge is 0.269 e. The third kappa shape index (κ3) is 5.29. The van der Waals surface area contributed by atoms with Gasteiger partial charge in [0.15, 0.2) is 0 Å². The fraction of sp³-hybridized carbons (Fsp3) is 0.125. The molecule has 7 heteroatoms. The van der Waals surface area contributed by atoms with Gasteiger partial charge in [-0.05, 0) is 17.7 Å². The van der Waals surface area contributed by atoms with Crippen molar-refractivity contribution in [2.75, 3.05) is 0 Å². The molecule has 0 spiro atoms. The molecular formula is C8H9NNaO4S. The van der Waals surface area contributed by atoms with Gasteiger partial charge < -0.3 is 5.73 Å². The minimum absolute atomic E-state index is 0. The van der Waals surface area contributed by atoms with Gasteiger partial charge in [0.1, 0.15) is 5.75 Å². The van der Waals surface area contributed by atoms with Crippen LogP contribution < -0.4 is 5.73 Å². The van der Waals surface area contributed by atoms with Crippen molar-refractivity contribution in [3.8, 4) is 0 Å².